The number of pyridine rings is 1. The van der Waals surface area contributed by atoms with Crippen LogP contribution >= 0.6 is 0 Å². The topological polar surface area (TPSA) is 45.4 Å². The van der Waals surface area contributed by atoms with Crippen LogP contribution < -0.4 is 15.5 Å². The summed E-state index contributed by atoms with van der Waals surface area (Å²) >= 11 is 0. The zero-order chi connectivity index (χ0) is 16.1. The molecule has 0 spiro atoms. The van der Waals surface area contributed by atoms with Gasteiger partial charge in [-0.1, -0.05) is 0 Å². The Morgan fingerprint density at radius 2 is 1.59 bits per heavy atom. The molecule has 2 N–H and O–H groups in total. The summed E-state index contributed by atoms with van der Waals surface area (Å²) in [5.41, 5.74) is 10.1. The highest BCUT2D eigenvalue weighted by Crippen LogP contribution is 2.16. The summed E-state index contributed by atoms with van der Waals surface area (Å²) < 4.78 is 0. The molecular weight excluding hydrogens is 272 g/mol. The summed E-state index contributed by atoms with van der Waals surface area (Å²) in [6.07, 6.45) is 1.08. The van der Waals surface area contributed by atoms with E-state index in [1.54, 1.807) is 0 Å². The Morgan fingerprint density at radius 3 is 2.23 bits per heavy atom. The van der Waals surface area contributed by atoms with Crippen molar-refractivity contribution >= 4 is 17.2 Å². The number of anilines is 3. The van der Waals surface area contributed by atoms with Crippen molar-refractivity contribution in [3.63, 3.8) is 0 Å². The van der Waals surface area contributed by atoms with Gasteiger partial charge in [-0.15, -0.1) is 0 Å². The normalized spacial score (nSPS) is 10.5. The van der Waals surface area contributed by atoms with Crippen molar-refractivity contribution in [3.05, 3.63) is 47.7 Å². The highest BCUT2D eigenvalue weighted by atomic mass is 15.2. The first kappa shape index (κ1) is 16.1. The summed E-state index contributed by atoms with van der Waals surface area (Å²) in [5.74, 6) is 1.05. The molecule has 4 nitrogen and oxygen atoms in total. The molecule has 0 amide bonds. The first-order valence-corrected chi connectivity index (χ1v) is 7.69. The third-order valence-corrected chi connectivity index (χ3v) is 3.80. The maximum absolute atomic E-state index is 5.72. The lowest BCUT2D eigenvalue weighted by atomic mass is 10.2. The van der Waals surface area contributed by atoms with Gasteiger partial charge in [-0.3, -0.25) is 0 Å². The van der Waals surface area contributed by atoms with Crippen molar-refractivity contribution in [3.8, 4) is 0 Å². The van der Waals surface area contributed by atoms with E-state index >= 15 is 0 Å². The fourth-order valence-electron chi connectivity index (χ4n) is 2.53. The summed E-state index contributed by atoms with van der Waals surface area (Å²) in [5, 5.41) is 0. The predicted octanol–water partition coefficient (Wildman–Crippen LogP) is 3.24. The first-order chi connectivity index (χ1) is 10.5. The molecule has 0 atom stereocenters. The Balaban J connectivity index is 1.86. The van der Waals surface area contributed by atoms with E-state index in [4.69, 9.17) is 5.73 Å². The SMILES string of the molecule is Cc1cc(C)nc(N(C)CCCN(C)c2ccc(N)cc2)c1. The van der Waals surface area contributed by atoms with Gasteiger partial charge < -0.3 is 15.5 Å². The number of hydrogen-bond acceptors (Lipinski definition) is 4. The second-order valence-corrected chi connectivity index (χ2v) is 5.93. The lowest BCUT2D eigenvalue weighted by Gasteiger charge is -2.23. The fourth-order valence-corrected chi connectivity index (χ4v) is 2.53. The van der Waals surface area contributed by atoms with E-state index in [1.807, 2.05) is 19.1 Å². The molecular formula is C18H26N4. The Labute approximate surface area is 133 Å². The lowest BCUT2D eigenvalue weighted by molar-refractivity contribution is 0.755. The highest BCUT2D eigenvalue weighted by molar-refractivity contribution is 5.52. The van der Waals surface area contributed by atoms with Crippen molar-refractivity contribution in [1.82, 2.24) is 4.98 Å². The highest BCUT2D eigenvalue weighted by Gasteiger charge is 2.05. The van der Waals surface area contributed by atoms with Crippen LogP contribution in [0.2, 0.25) is 0 Å². The average Bonchev–Trinajstić information content (AvgIpc) is 2.46. The van der Waals surface area contributed by atoms with Crippen LogP contribution in [0.25, 0.3) is 0 Å². The van der Waals surface area contributed by atoms with Crippen LogP contribution in [0.3, 0.4) is 0 Å². The van der Waals surface area contributed by atoms with Gasteiger partial charge in [0.15, 0.2) is 0 Å². The minimum absolute atomic E-state index is 0.803. The van der Waals surface area contributed by atoms with Gasteiger partial charge in [0, 0.05) is 44.3 Å². The fraction of sp³-hybridized carbons (Fsp3) is 0.389. The summed E-state index contributed by atoms with van der Waals surface area (Å²) in [6.45, 7) is 6.13. The number of benzene rings is 1. The van der Waals surface area contributed by atoms with E-state index in [-0.39, 0.29) is 0 Å². The number of nitrogen functional groups attached to an aromatic ring is 1. The third-order valence-electron chi connectivity index (χ3n) is 3.80. The zero-order valence-corrected chi connectivity index (χ0v) is 14.0. The van der Waals surface area contributed by atoms with Crippen LogP contribution in [0.1, 0.15) is 17.7 Å². The van der Waals surface area contributed by atoms with E-state index in [0.717, 1.165) is 36.7 Å². The quantitative estimate of drug-likeness (QED) is 0.832. The molecule has 1 aromatic carbocycles. The molecule has 0 fully saturated rings. The van der Waals surface area contributed by atoms with Gasteiger partial charge in [0.05, 0.1) is 0 Å². The lowest BCUT2D eigenvalue weighted by Crippen LogP contribution is -2.26. The van der Waals surface area contributed by atoms with Crippen molar-refractivity contribution in [2.24, 2.45) is 0 Å². The number of nitrogens with two attached hydrogens (primary N) is 1. The number of aromatic nitrogens is 1. The molecule has 0 radical (unpaired) electrons. The Morgan fingerprint density at radius 1 is 0.955 bits per heavy atom. The molecule has 22 heavy (non-hydrogen) atoms. The van der Waals surface area contributed by atoms with Gasteiger partial charge in [-0.05, 0) is 62.2 Å². The smallest absolute Gasteiger partial charge is 0.128 e. The van der Waals surface area contributed by atoms with E-state index in [0.29, 0.717) is 0 Å². The molecule has 0 unspecified atom stereocenters. The van der Waals surface area contributed by atoms with Crippen molar-refractivity contribution < 1.29 is 0 Å². The molecule has 0 aliphatic heterocycles. The van der Waals surface area contributed by atoms with Gasteiger partial charge in [0.25, 0.3) is 0 Å². The van der Waals surface area contributed by atoms with E-state index in [1.165, 1.54) is 11.3 Å². The van der Waals surface area contributed by atoms with E-state index in [9.17, 15) is 0 Å². The van der Waals surface area contributed by atoms with Crippen molar-refractivity contribution in [1.29, 1.82) is 0 Å². The van der Waals surface area contributed by atoms with Crippen LogP contribution in [0.5, 0.6) is 0 Å². The molecule has 2 aromatic rings. The van der Waals surface area contributed by atoms with E-state index in [2.05, 4.69) is 60.1 Å². The van der Waals surface area contributed by atoms with Crippen LogP contribution in [0, 0.1) is 13.8 Å². The van der Waals surface area contributed by atoms with Crippen LogP contribution in [-0.2, 0) is 0 Å². The number of rotatable bonds is 6. The Kier molecular flexibility index (Phi) is 5.26. The van der Waals surface area contributed by atoms with Gasteiger partial charge in [-0.25, -0.2) is 4.98 Å². The van der Waals surface area contributed by atoms with Crippen LogP contribution in [-0.4, -0.2) is 32.2 Å². The molecule has 0 bridgehead atoms. The Bertz CT molecular complexity index is 587. The molecule has 118 valence electrons. The summed E-state index contributed by atoms with van der Waals surface area (Å²) in [6, 6.07) is 12.2. The van der Waals surface area contributed by atoms with Crippen molar-refractivity contribution in [2.75, 3.05) is 42.7 Å². The predicted molar refractivity (Wildman–Crippen MR) is 95.7 cm³/mol. The monoisotopic (exact) mass is 298 g/mol. The molecule has 4 heteroatoms. The maximum Gasteiger partial charge on any atom is 0.128 e. The van der Waals surface area contributed by atoms with Gasteiger partial charge in [-0.2, -0.15) is 0 Å². The number of aryl methyl sites for hydroxylation is 2. The zero-order valence-electron chi connectivity index (χ0n) is 14.0. The molecule has 0 saturated heterocycles. The minimum Gasteiger partial charge on any atom is -0.399 e. The third kappa shape index (κ3) is 4.38. The van der Waals surface area contributed by atoms with Crippen molar-refractivity contribution in [2.45, 2.75) is 20.3 Å². The number of hydrogen-bond donors (Lipinski definition) is 1. The van der Waals surface area contributed by atoms with Crippen LogP contribution in [0.15, 0.2) is 36.4 Å². The standard InChI is InChI=1S/C18H26N4/c1-14-12-15(2)20-18(13-14)22(4)11-5-10-21(3)17-8-6-16(19)7-9-17/h6-9,12-13H,5,10-11,19H2,1-4H3. The average molecular weight is 298 g/mol. The van der Waals surface area contributed by atoms with E-state index < -0.39 is 0 Å². The Hall–Kier alpha value is -2.23. The largest absolute Gasteiger partial charge is 0.399 e. The molecule has 1 heterocycles. The van der Waals surface area contributed by atoms with Gasteiger partial charge in [0.1, 0.15) is 5.82 Å². The van der Waals surface area contributed by atoms with Crippen LogP contribution in [0.4, 0.5) is 17.2 Å². The summed E-state index contributed by atoms with van der Waals surface area (Å²) in [7, 11) is 4.21. The van der Waals surface area contributed by atoms with Gasteiger partial charge in [0.2, 0.25) is 0 Å². The first-order valence-electron chi connectivity index (χ1n) is 7.69. The molecule has 0 saturated carbocycles. The minimum atomic E-state index is 0.803. The van der Waals surface area contributed by atoms with Gasteiger partial charge >= 0.3 is 0 Å². The molecule has 1 aromatic heterocycles. The molecule has 0 aliphatic carbocycles. The molecule has 2 rings (SSSR count). The second kappa shape index (κ2) is 7.16. The maximum atomic E-state index is 5.72. The molecule has 0 aliphatic rings. The second-order valence-electron chi connectivity index (χ2n) is 5.93. The number of nitrogens with zero attached hydrogens (tertiary/aromatic N) is 3. The summed E-state index contributed by atoms with van der Waals surface area (Å²) in [4.78, 5) is 9.07.